The van der Waals surface area contributed by atoms with Crippen molar-refractivity contribution in [1.82, 2.24) is 0 Å². The molecule has 0 aliphatic heterocycles. The lowest BCUT2D eigenvalue weighted by molar-refractivity contribution is 0.215. The van der Waals surface area contributed by atoms with Gasteiger partial charge in [-0.2, -0.15) is 0 Å². The second kappa shape index (κ2) is 5.72. The second-order valence-electron chi connectivity index (χ2n) is 4.89. The van der Waals surface area contributed by atoms with Gasteiger partial charge in [-0.3, -0.25) is 0 Å². The highest BCUT2D eigenvalue weighted by Crippen LogP contribution is 2.27. The molecule has 0 radical (unpaired) electrons. The van der Waals surface area contributed by atoms with Crippen molar-refractivity contribution in [3.63, 3.8) is 0 Å². The van der Waals surface area contributed by atoms with Crippen LogP contribution in [0.5, 0.6) is 0 Å². The first-order chi connectivity index (χ1) is 8.99. The summed E-state index contributed by atoms with van der Waals surface area (Å²) in [5, 5.41) is 10.5. The summed E-state index contributed by atoms with van der Waals surface area (Å²) in [5.41, 5.74) is 2.10. The maximum absolute atomic E-state index is 13.7. The van der Waals surface area contributed by atoms with Gasteiger partial charge in [0, 0.05) is 10.6 Å². The maximum atomic E-state index is 13.7. The van der Waals surface area contributed by atoms with Crippen LogP contribution in [-0.2, 0) is 0 Å². The highest BCUT2D eigenvalue weighted by Gasteiger charge is 2.15. The molecule has 1 atom stereocenters. The van der Waals surface area contributed by atoms with Gasteiger partial charge in [-0.15, -0.1) is 0 Å². The van der Waals surface area contributed by atoms with Crippen molar-refractivity contribution in [2.75, 3.05) is 0 Å². The number of hydrogen-bond acceptors (Lipinski definition) is 1. The summed E-state index contributed by atoms with van der Waals surface area (Å²) in [4.78, 5) is 0. The maximum Gasteiger partial charge on any atom is 0.130 e. The van der Waals surface area contributed by atoms with E-state index in [0.29, 0.717) is 16.5 Å². The van der Waals surface area contributed by atoms with E-state index in [0.717, 1.165) is 0 Å². The van der Waals surface area contributed by atoms with Gasteiger partial charge >= 0.3 is 0 Å². The summed E-state index contributed by atoms with van der Waals surface area (Å²) in [6.07, 6.45) is -0.974. The van der Waals surface area contributed by atoms with E-state index >= 15 is 0 Å². The number of aliphatic hydroxyl groups excluding tert-OH is 1. The first-order valence-electron chi connectivity index (χ1n) is 6.22. The fourth-order valence-electron chi connectivity index (χ4n) is 1.97. The van der Waals surface area contributed by atoms with E-state index in [1.165, 1.54) is 17.7 Å². The Hall–Kier alpha value is -1.38. The Morgan fingerprint density at radius 3 is 2.11 bits per heavy atom. The third-order valence-corrected chi connectivity index (χ3v) is 3.41. The summed E-state index contributed by atoms with van der Waals surface area (Å²) >= 11 is 5.70. The molecule has 0 aliphatic rings. The molecule has 2 rings (SSSR count). The number of aliphatic hydroxyl groups is 1. The van der Waals surface area contributed by atoms with Crippen molar-refractivity contribution in [1.29, 1.82) is 0 Å². The van der Waals surface area contributed by atoms with Crippen molar-refractivity contribution in [2.24, 2.45) is 0 Å². The molecule has 3 heteroatoms. The van der Waals surface area contributed by atoms with Gasteiger partial charge in [-0.05, 0) is 29.2 Å². The van der Waals surface area contributed by atoms with Crippen molar-refractivity contribution in [3.8, 4) is 0 Å². The molecule has 19 heavy (non-hydrogen) atoms. The molecule has 0 aromatic heterocycles. The Morgan fingerprint density at radius 2 is 1.58 bits per heavy atom. The Labute approximate surface area is 117 Å². The summed E-state index contributed by atoms with van der Waals surface area (Å²) in [6, 6.07) is 11.9. The predicted molar refractivity (Wildman–Crippen MR) is 76.0 cm³/mol. The van der Waals surface area contributed by atoms with Crippen LogP contribution >= 0.6 is 11.6 Å². The van der Waals surface area contributed by atoms with Crippen LogP contribution in [-0.4, -0.2) is 5.11 Å². The number of rotatable bonds is 3. The molecule has 0 saturated carbocycles. The Balaban J connectivity index is 2.30. The minimum atomic E-state index is -0.974. The molecular formula is C16H16ClFO. The standard InChI is InChI=1S/C16H16ClFO/c1-10(2)11-3-5-12(6-4-11)16(19)14-8-7-13(17)9-15(14)18/h3-10,16,19H,1-2H3. The van der Waals surface area contributed by atoms with Gasteiger partial charge in [0.1, 0.15) is 11.9 Å². The molecule has 1 N–H and O–H groups in total. The lowest BCUT2D eigenvalue weighted by atomic mass is 9.97. The van der Waals surface area contributed by atoms with Gasteiger partial charge < -0.3 is 5.11 Å². The van der Waals surface area contributed by atoms with E-state index in [1.807, 2.05) is 24.3 Å². The third kappa shape index (κ3) is 3.14. The topological polar surface area (TPSA) is 20.2 Å². The zero-order valence-corrected chi connectivity index (χ0v) is 11.7. The monoisotopic (exact) mass is 278 g/mol. The van der Waals surface area contributed by atoms with Crippen LogP contribution < -0.4 is 0 Å². The first-order valence-corrected chi connectivity index (χ1v) is 6.59. The minimum Gasteiger partial charge on any atom is -0.384 e. The van der Waals surface area contributed by atoms with Crippen LogP contribution in [0.25, 0.3) is 0 Å². The third-order valence-electron chi connectivity index (χ3n) is 3.18. The molecule has 1 unspecified atom stereocenters. The van der Waals surface area contributed by atoms with Crippen molar-refractivity contribution in [3.05, 3.63) is 70.0 Å². The highest BCUT2D eigenvalue weighted by molar-refractivity contribution is 6.30. The van der Waals surface area contributed by atoms with Crippen LogP contribution in [0.3, 0.4) is 0 Å². The molecule has 0 heterocycles. The van der Waals surface area contributed by atoms with Gasteiger partial charge in [0.25, 0.3) is 0 Å². The Kier molecular flexibility index (Phi) is 4.23. The minimum absolute atomic E-state index is 0.238. The van der Waals surface area contributed by atoms with Gasteiger partial charge in [0.15, 0.2) is 0 Å². The summed E-state index contributed by atoms with van der Waals surface area (Å²) in [7, 11) is 0. The predicted octanol–water partition coefficient (Wildman–Crippen LogP) is 4.68. The normalized spacial score (nSPS) is 12.7. The lowest BCUT2D eigenvalue weighted by Crippen LogP contribution is -2.03. The van der Waals surface area contributed by atoms with Crippen LogP contribution in [0.1, 0.15) is 42.6 Å². The Morgan fingerprint density at radius 1 is 1.00 bits per heavy atom. The summed E-state index contributed by atoms with van der Waals surface area (Å²) in [5.74, 6) is -0.0635. The van der Waals surface area contributed by atoms with Crippen molar-refractivity contribution < 1.29 is 9.50 Å². The lowest BCUT2D eigenvalue weighted by Gasteiger charge is -2.14. The van der Waals surface area contributed by atoms with E-state index in [9.17, 15) is 9.50 Å². The van der Waals surface area contributed by atoms with Crippen molar-refractivity contribution in [2.45, 2.75) is 25.9 Å². The zero-order chi connectivity index (χ0) is 14.0. The van der Waals surface area contributed by atoms with Crippen molar-refractivity contribution >= 4 is 11.6 Å². The average Bonchev–Trinajstić information content (AvgIpc) is 2.38. The Bertz CT molecular complexity index is 563. The molecule has 100 valence electrons. The van der Waals surface area contributed by atoms with E-state index in [2.05, 4.69) is 13.8 Å². The number of halogens is 2. The summed E-state index contributed by atoms with van der Waals surface area (Å²) in [6.45, 7) is 4.20. The quantitative estimate of drug-likeness (QED) is 0.864. The largest absolute Gasteiger partial charge is 0.384 e. The number of hydrogen-bond donors (Lipinski definition) is 1. The van der Waals surface area contributed by atoms with Crippen LogP contribution in [0.2, 0.25) is 5.02 Å². The first kappa shape index (κ1) is 14.0. The van der Waals surface area contributed by atoms with Gasteiger partial charge in [0.2, 0.25) is 0 Å². The van der Waals surface area contributed by atoms with E-state index < -0.39 is 11.9 Å². The smallest absolute Gasteiger partial charge is 0.130 e. The molecule has 0 fully saturated rings. The fourth-order valence-corrected chi connectivity index (χ4v) is 2.12. The molecular weight excluding hydrogens is 263 g/mol. The van der Waals surface area contributed by atoms with Crippen LogP contribution in [0, 0.1) is 5.82 Å². The van der Waals surface area contributed by atoms with E-state index in [-0.39, 0.29) is 5.56 Å². The van der Waals surface area contributed by atoms with Crippen LogP contribution in [0.4, 0.5) is 4.39 Å². The molecule has 0 saturated heterocycles. The summed E-state index contributed by atoms with van der Waals surface area (Å²) < 4.78 is 13.7. The second-order valence-corrected chi connectivity index (χ2v) is 5.33. The fraction of sp³-hybridized carbons (Fsp3) is 0.250. The number of benzene rings is 2. The van der Waals surface area contributed by atoms with E-state index in [4.69, 9.17) is 11.6 Å². The van der Waals surface area contributed by atoms with E-state index in [1.54, 1.807) is 6.07 Å². The molecule has 2 aromatic rings. The SMILES string of the molecule is CC(C)c1ccc(C(O)c2ccc(Cl)cc2F)cc1. The van der Waals surface area contributed by atoms with Gasteiger partial charge in [-0.1, -0.05) is 55.8 Å². The molecule has 0 aliphatic carbocycles. The average molecular weight is 279 g/mol. The molecule has 0 amide bonds. The highest BCUT2D eigenvalue weighted by atomic mass is 35.5. The molecule has 1 nitrogen and oxygen atoms in total. The molecule has 2 aromatic carbocycles. The van der Waals surface area contributed by atoms with Gasteiger partial charge in [-0.25, -0.2) is 4.39 Å². The van der Waals surface area contributed by atoms with Gasteiger partial charge in [0.05, 0.1) is 0 Å². The molecule has 0 bridgehead atoms. The van der Waals surface area contributed by atoms with Crippen LogP contribution in [0.15, 0.2) is 42.5 Å². The molecule has 0 spiro atoms. The zero-order valence-electron chi connectivity index (χ0n) is 10.9.